The van der Waals surface area contributed by atoms with E-state index in [9.17, 15) is 0 Å². The van der Waals surface area contributed by atoms with Crippen LogP contribution in [0.1, 0.15) is 18.2 Å². The maximum absolute atomic E-state index is 5.47. The smallest absolute Gasteiger partial charge is 0.240 e. The first-order valence-corrected chi connectivity index (χ1v) is 7.73. The number of aryl methyl sites for hydroxylation is 1. The Morgan fingerprint density at radius 3 is 3.00 bits per heavy atom. The Bertz CT molecular complexity index is 610. The molecule has 1 unspecified atom stereocenters. The van der Waals surface area contributed by atoms with E-state index in [1.807, 2.05) is 0 Å². The summed E-state index contributed by atoms with van der Waals surface area (Å²) < 4.78 is 0. The molecule has 0 amide bonds. The molecule has 0 bridgehead atoms. The fraction of sp³-hybridized carbons (Fsp3) is 0.538. The van der Waals surface area contributed by atoms with Crippen molar-refractivity contribution in [1.82, 2.24) is 14.9 Å². The molecule has 1 saturated heterocycles. The Morgan fingerprint density at radius 2 is 2.35 bits per heavy atom. The molecule has 1 aliphatic heterocycles. The van der Waals surface area contributed by atoms with E-state index in [1.165, 1.54) is 4.88 Å². The molecule has 108 valence electrons. The maximum atomic E-state index is 5.47. The van der Waals surface area contributed by atoms with Gasteiger partial charge in [-0.05, 0) is 32.5 Å². The van der Waals surface area contributed by atoms with Crippen molar-refractivity contribution in [3.05, 3.63) is 10.9 Å². The van der Waals surface area contributed by atoms with E-state index < -0.39 is 0 Å². The highest BCUT2D eigenvalue weighted by molar-refractivity contribution is 7.18. The van der Waals surface area contributed by atoms with Crippen LogP contribution in [-0.2, 0) is 6.42 Å². The summed E-state index contributed by atoms with van der Waals surface area (Å²) in [6.07, 6.45) is 2.15. The molecule has 3 heterocycles. The average Bonchev–Trinajstić information content (AvgIpc) is 3.04. The lowest BCUT2D eigenvalue weighted by molar-refractivity contribution is 0.414. The van der Waals surface area contributed by atoms with Crippen molar-refractivity contribution in [3.63, 3.8) is 0 Å². The molecule has 7 heteroatoms. The fourth-order valence-electron chi connectivity index (χ4n) is 2.57. The predicted octanol–water partition coefficient (Wildman–Crippen LogP) is 1.66. The van der Waals surface area contributed by atoms with Crippen LogP contribution in [0.3, 0.4) is 0 Å². The van der Waals surface area contributed by atoms with Crippen LogP contribution in [0.5, 0.6) is 0 Å². The van der Waals surface area contributed by atoms with Gasteiger partial charge in [0.25, 0.3) is 0 Å². The molecule has 2 aromatic heterocycles. The van der Waals surface area contributed by atoms with E-state index in [-0.39, 0.29) is 0 Å². The number of thiophene rings is 1. The molecule has 0 spiro atoms. The van der Waals surface area contributed by atoms with Gasteiger partial charge in [-0.3, -0.25) is 5.43 Å². The third-order valence-corrected chi connectivity index (χ3v) is 4.83. The summed E-state index contributed by atoms with van der Waals surface area (Å²) in [5, 5.41) is 4.64. The number of nitrogens with zero attached hydrogens (tertiary/aromatic N) is 3. The number of nitrogens with one attached hydrogen (secondary N) is 2. The molecule has 6 nitrogen and oxygen atoms in total. The van der Waals surface area contributed by atoms with Crippen molar-refractivity contribution in [2.45, 2.75) is 25.8 Å². The number of nitrogen functional groups attached to an aromatic ring is 1. The van der Waals surface area contributed by atoms with E-state index in [1.54, 1.807) is 11.3 Å². The van der Waals surface area contributed by atoms with Crippen LogP contribution in [0, 0.1) is 0 Å². The SMILES string of the molecule is CCc1cc2c(NC3CCN(C)C3)nc(NN)nc2s1. The van der Waals surface area contributed by atoms with Crippen molar-refractivity contribution in [2.75, 3.05) is 30.9 Å². The summed E-state index contributed by atoms with van der Waals surface area (Å²) in [7, 11) is 2.14. The largest absolute Gasteiger partial charge is 0.365 e. The number of aromatic nitrogens is 2. The molecule has 1 fully saturated rings. The number of likely N-dealkylation sites (N-methyl/N-ethyl adjacent to an activating group) is 1. The van der Waals surface area contributed by atoms with Crippen LogP contribution in [0.15, 0.2) is 6.07 Å². The maximum Gasteiger partial charge on any atom is 0.240 e. The molecular weight excluding hydrogens is 272 g/mol. The standard InChI is InChI=1S/C13H20N6S/c1-3-9-6-10-11(15-8-4-5-19(2)7-8)16-13(18-14)17-12(10)20-9/h6,8H,3-5,7,14H2,1-2H3,(H2,15,16,17,18). The minimum atomic E-state index is 0.439. The van der Waals surface area contributed by atoms with E-state index >= 15 is 0 Å². The molecular formula is C13H20N6S. The third-order valence-electron chi connectivity index (χ3n) is 3.65. The molecule has 1 atom stereocenters. The highest BCUT2D eigenvalue weighted by atomic mass is 32.1. The summed E-state index contributed by atoms with van der Waals surface area (Å²) in [4.78, 5) is 13.5. The second-order valence-corrected chi connectivity index (χ2v) is 6.33. The van der Waals surface area contributed by atoms with Crippen LogP contribution >= 0.6 is 11.3 Å². The van der Waals surface area contributed by atoms with E-state index in [0.717, 1.165) is 42.0 Å². The Labute approximate surface area is 122 Å². The second-order valence-electron chi connectivity index (χ2n) is 5.22. The van der Waals surface area contributed by atoms with Gasteiger partial charge in [0.05, 0.1) is 5.39 Å². The highest BCUT2D eigenvalue weighted by Gasteiger charge is 2.21. The van der Waals surface area contributed by atoms with Crippen LogP contribution in [0.4, 0.5) is 11.8 Å². The fourth-order valence-corrected chi connectivity index (χ4v) is 3.53. The molecule has 20 heavy (non-hydrogen) atoms. The Kier molecular flexibility index (Phi) is 3.73. The molecule has 1 aliphatic rings. The Balaban J connectivity index is 1.96. The third kappa shape index (κ3) is 2.56. The lowest BCUT2D eigenvalue weighted by Gasteiger charge is -2.14. The zero-order valence-electron chi connectivity index (χ0n) is 11.8. The zero-order chi connectivity index (χ0) is 14.1. The lowest BCUT2D eigenvalue weighted by atomic mass is 10.2. The molecule has 0 radical (unpaired) electrons. The Morgan fingerprint density at radius 1 is 1.50 bits per heavy atom. The van der Waals surface area contributed by atoms with Crippen molar-refractivity contribution in [1.29, 1.82) is 0 Å². The van der Waals surface area contributed by atoms with Gasteiger partial charge in [0.15, 0.2) is 0 Å². The van der Waals surface area contributed by atoms with Crippen LogP contribution in [0.25, 0.3) is 10.2 Å². The first kappa shape index (κ1) is 13.5. The topological polar surface area (TPSA) is 79.1 Å². The van der Waals surface area contributed by atoms with Gasteiger partial charge < -0.3 is 10.2 Å². The highest BCUT2D eigenvalue weighted by Crippen LogP contribution is 2.31. The number of hydrogen-bond acceptors (Lipinski definition) is 7. The number of anilines is 2. The van der Waals surface area contributed by atoms with Gasteiger partial charge in [-0.25, -0.2) is 10.8 Å². The van der Waals surface area contributed by atoms with Crippen LogP contribution in [0.2, 0.25) is 0 Å². The molecule has 3 rings (SSSR count). The molecule has 4 N–H and O–H groups in total. The van der Waals surface area contributed by atoms with Gasteiger partial charge in [0.1, 0.15) is 10.6 Å². The normalized spacial score (nSPS) is 19.6. The number of hydrogen-bond donors (Lipinski definition) is 3. The molecule has 0 aliphatic carbocycles. The summed E-state index contributed by atoms with van der Waals surface area (Å²) in [6, 6.07) is 2.62. The second kappa shape index (κ2) is 5.51. The van der Waals surface area contributed by atoms with Crippen LogP contribution in [-0.4, -0.2) is 41.0 Å². The van der Waals surface area contributed by atoms with Gasteiger partial charge in [-0.15, -0.1) is 11.3 Å². The summed E-state index contributed by atoms with van der Waals surface area (Å²) in [6.45, 7) is 4.32. The minimum Gasteiger partial charge on any atom is -0.365 e. The van der Waals surface area contributed by atoms with E-state index in [4.69, 9.17) is 5.84 Å². The van der Waals surface area contributed by atoms with E-state index in [0.29, 0.717) is 12.0 Å². The average molecular weight is 292 g/mol. The minimum absolute atomic E-state index is 0.439. The summed E-state index contributed by atoms with van der Waals surface area (Å²) in [5.74, 6) is 6.83. The van der Waals surface area contributed by atoms with Crippen molar-refractivity contribution >= 4 is 33.3 Å². The van der Waals surface area contributed by atoms with Gasteiger partial charge >= 0.3 is 0 Å². The molecule has 2 aromatic rings. The van der Waals surface area contributed by atoms with Crippen molar-refractivity contribution < 1.29 is 0 Å². The van der Waals surface area contributed by atoms with Gasteiger partial charge in [-0.1, -0.05) is 6.92 Å². The quantitative estimate of drug-likeness (QED) is 0.587. The number of rotatable bonds is 4. The number of hydrazine groups is 1. The Hall–Kier alpha value is -1.44. The number of nitrogens with two attached hydrogens (primary N) is 1. The van der Waals surface area contributed by atoms with E-state index in [2.05, 4.69) is 45.6 Å². The van der Waals surface area contributed by atoms with Gasteiger partial charge in [-0.2, -0.15) is 4.98 Å². The summed E-state index contributed by atoms with van der Waals surface area (Å²) >= 11 is 1.70. The van der Waals surface area contributed by atoms with Crippen molar-refractivity contribution in [2.24, 2.45) is 5.84 Å². The first-order valence-electron chi connectivity index (χ1n) is 6.91. The predicted molar refractivity (Wildman–Crippen MR) is 84.1 cm³/mol. The van der Waals surface area contributed by atoms with Crippen LogP contribution < -0.4 is 16.6 Å². The summed E-state index contributed by atoms with van der Waals surface area (Å²) in [5.41, 5.74) is 2.55. The van der Waals surface area contributed by atoms with Gasteiger partial charge in [0, 0.05) is 17.5 Å². The number of likely N-dealkylation sites (tertiary alicyclic amines) is 1. The molecule has 0 aromatic carbocycles. The molecule has 0 saturated carbocycles. The van der Waals surface area contributed by atoms with Crippen molar-refractivity contribution in [3.8, 4) is 0 Å². The number of fused-ring (bicyclic) bond motifs is 1. The lowest BCUT2D eigenvalue weighted by Crippen LogP contribution is -2.24. The first-order chi connectivity index (χ1) is 9.69. The van der Waals surface area contributed by atoms with Gasteiger partial charge in [0.2, 0.25) is 5.95 Å². The zero-order valence-corrected chi connectivity index (χ0v) is 12.6. The monoisotopic (exact) mass is 292 g/mol.